The lowest BCUT2D eigenvalue weighted by Gasteiger charge is -2.45. The van der Waals surface area contributed by atoms with E-state index >= 15 is 0 Å². The average Bonchev–Trinajstić information content (AvgIpc) is 2.44. The number of nitrogens with zero attached hydrogens (tertiary/aromatic N) is 1. The van der Waals surface area contributed by atoms with Crippen LogP contribution < -0.4 is 10.2 Å². The van der Waals surface area contributed by atoms with Crippen LogP contribution in [0.2, 0.25) is 0 Å². The van der Waals surface area contributed by atoms with E-state index in [1.807, 2.05) is 13.0 Å². The van der Waals surface area contributed by atoms with Crippen LogP contribution in [0, 0.1) is 5.82 Å². The van der Waals surface area contributed by atoms with E-state index in [2.05, 4.69) is 31.0 Å². The largest absolute Gasteiger partial charge is 0.377 e. The summed E-state index contributed by atoms with van der Waals surface area (Å²) in [7, 11) is 0. The van der Waals surface area contributed by atoms with Crippen molar-refractivity contribution in [2.75, 3.05) is 31.2 Å². The van der Waals surface area contributed by atoms with Gasteiger partial charge < -0.3 is 15.0 Å². The number of nitrogens with one attached hydrogen (secondary N) is 1. The first-order valence-corrected chi connectivity index (χ1v) is 7.84. The number of hydrogen-bond acceptors (Lipinski definition) is 3. The highest BCUT2D eigenvalue weighted by atomic mass is 19.1. The molecule has 0 spiro atoms. The number of rotatable bonds is 5. The van der Waals surface area contributed by atoms with Gasteiger partial charge in [0.25, 0.3) is 0 Å². The molecule has 0 aliphatic carbocycles. The Balaban J connectivity index is 2.36. The monoisotopic (exact) mass is 294 g/mol. The van der Waals surface area contributed by atoms with E-state index in [4.69, 9.17) is 4.74 Å². The highest BCUT2D eigenvalue weighted by Gasteiger charge is 2.33. The van der Waals surface area contributed by atoms with Gasteiger partial charge in [0.2, 0.25) is 0 Å². The Morgan fingerprint density at radius 1 is 1.43 bits per heavy atom. The lowest BCUT2D eigenvalue weighted by molar-refractivity contribution is 0.0642. The molecule has 1 N–H and O–H groups in total. The van der Waals surface area contributed by atoms with Crippen molar-refractivity contribution in [1.82, 2.24) is 5.32 Å². The molecule has 0 bridgehead atoms. The molecule has 0 radical (unpaired) electrons. The molecule has 0 saturated carbocycles. The Labute approximate surface area is 127 Å². The molecular weight excluding hydrogens is 267 g/mol. The molecule has 1 aromatic carbocycles. The van der Waals surface area contributed by atoms with Crippen molar-refractivity contribution in [2.45, 2.75) is 45.7 Å². The zero-order chi connectivity index (χ0) is 15.5. The molecule has 3 nitrogen and oxygen atoms in total. The summed E-state index contributed by atoms with van der Waals surface area (Å²) in [5, 5.41) is 3.40. The Morgan fingerprint density at radius 3 is 2.86 bits per heavy atom. The summed E-state index contributed by atoms with van der Waals surface area (Å²) in [4.78, 5) is 2.28. The van der Waals surface area contributed by atoms with Gasteiger partial charge in [0.15, 0.2) is 0 Å². The summed E-state index contributed by atoms with van der Waals surface area (Å²) in [5.74, 6) is -0.133. The van der Waals surface area contributed by atoms with Crippen molar-refractivity contribution in [2.24, 2.45) is 0 Å². The number of benzene rings is 1. The van der Waals surface area contributed by atoms with Crippen molar-refractivity contribution in [3.8, 4) is 0 Å². The first kappa shape index (κ1) is 16.2. The second kappa shape index (κ2) is 6.75. The Bertz CT molecular complexity index is 476. The summed E-state index contributed by atoms with van der Waals surface area (Å²) in [6.07, 6.45) is 1.04. The molecule has 1 heterocycles. The van der Waals surface area contributed by atoms with E-state index in [9.17, 15) is 4.39 Å². The average molecular weight is 294 g/mol. The van der Waals surface area contributed by atoms with E-state index in [0.29, 0.717) is 13.2 Å². The number of hydrogen-bond donors (Lipinski definition) is 1. The normalized spacial score (nSPS) is 19.6. The van der Waals surface area contributed by atoms with Gasteiger partial charge in [-0.1, -0.05) is 13.0 Å². The van der Waals surface area contributed by atoms with E-state index in [-0.39, 0.29) is 17.4 Å². The zero-order valence-electron chi connectivity index (χ0n) is 13.6. The van der Waals surface area contributed by atoms with Crippen molar-refractivity contribution in [3.63, 3.8) is 0 Å². The fourth-order valence-corrected chi connectivity index (χ4v) is 2.96. The number of halogens is 1. The Kier molecular flexibility index (Phi) is 5.22. The van der Waals surface area contributed by atoms with Gasteiger partial charge in [0.05, 0.1) is 18.8 Å². The van der Waals surface area contributed by atoms with E-state index in [0.717, 1.165) is 30.8 Å². The second-order valence-corrected chi connectivity index (χ2v) is 6.37. The third kappa shape index (κ3) is 3.55. The molecule has 1 aromatic rings. The van der Waals surface area contributed by atoms with Crippen LogP contribution in [0.3, 0.4) is 0 Å². The third-order valence-corrected chi connectivity index (χ3v) is 4.10. The van der Waals surface area contributed by atoms with Crippen LogP contribution >= 0.6 is 0 Å². The van der Waals surface area contributed by atoms with E-state index in [1.165, 1.54) is 0 Å². The van der Waals surface area contributed by atoms with Crippen molar-refractivity contribution < 1.29 is 9.13 Å². The smallest absolute Gasteiger partial charge is 0.130 e. The molecule has 1 fully saturated rings. The van der Waals surface area contributed by atoms with Gasteiger partial charge >= 0.3 is 0 Å². The van der Waals surface area contributed by atoms with Crippen LogP contribution in [-0.4, -0.2) is 31.8 Å². The van der Waals surface area contributed by atoms with Gasteiger partial charge in [-0.05, 0) is 45.9 Å². The predicted molar refractivity (Wildman–Crippen MR) is 85.4 cm³/mol. The number of morpholine rings is 1. The van der Waals surface area contributed by atoms with E-state index < -0.39 is 0 Å². The summed E-state index contributed by atoms with van der Waals surface area (Å²) in [6, 6.07) is 5.37. The van der Waals surface area contributed by atoms with Gasteiger partial charge in [0, 0.05) is 23.8 Å². The molecule has 1 saturated heterocycles. The predicted octanol–water partition coefficient (Wildman–Crippen LogP) is 3.50. The van der Waals surface area contributed by atoms with Crippen molar-refractivity contribution in [3.05, 3.63) is 29.6 Å². The van der Waals surface area contributed by atoms with Crippen LogP contribution in [-0.2, 0) is 4.74 Å². The molecule has 0 aromatic heterocycles. The molecule has 0 amide bonds. The summed E-state index contributed by atoms with van der Waals surface area (Å²) in [5.41, 5.74) is 1.63. The van der Waals surface area contributed by atoms with Gasteiger partial charge in [-0.2, -0.15) is 0 Å². The fourth-order valence-electron chi connectivity index (χ4n) is 2.96. The third-order valence-electron chi connectivity index (χ3n) is 4.10. The summed E-state index contributed by atoms with van der Waals surface area (Å²) < 4.78 is 20.0. The molecule has 1 unspecified atom stereocenters. The first-order valence-electron chi connectivity index (χ1n) is 7.84. The molecule has 1 aliphatic heterocycles. The highest BCUT2D eigenvalue weighted by molar-refractivity contribution is 5.57. The number of anilines is 1. The molecular formula is C17H27FN2O. The molecule has 2 rings (SSSR count). The standard InChI is InChI=1S/C17H27FN2O/c1-5-9-19-13(2)16-14(18)7-6-8-15(16)20-10-11-21-12-17(20,3)4/h6-8,13,19H,5,9-12H2,1-4H3. The quantitative estimate of drug-likeness (QED) is 0.899. The highest BCUT2D eigenvalue weighted by Crippen LogP contribution is 2.34. The molecule has 1 aliphatic rings. The fraction of sp³-hybridized carbons (Fsp3) is 0.647. The maximum Gasteiger partial charge on any atom is 0.130 e. The summed E-state index contributed by atoms with van der Waals surface area (Å²) >= 11 is 0. The van der Waals surface area contributed by atoms with E-state index in [1.54, 1.807) is 12.1 Å². The minimum atomic E-state index is -0.133. The van der Waals surface area contributed by atoms with Crippen molar-refractivity contribution in [1.29, 1.82) is 0 Å². The van der Waals surface area contributed by atoms with Crippen LogP contribution in [0.15, 0.2) is 18.2 Å². The SMILES string of the molecule is CCCNC(C)c1c(F)cccc1N1CCOCC1(C)C. The zero-order valence-corrected chi connectivity index (χ0v) is 13.6. The van der Waals surface area contributed by atoms with Gasteiger partial charge in [-0.25, -0.2) is 4.39 Å². The molecule has 21 heavy (non-hydrogen) atoms. The molecule has 118 valence electrons. The lowest BCUT2D eigenvalue weighted by Crippen LogP contribution is -2.53. The molecule has 4 heteroatoms. The van der Waals surface area contributed by atoms with Gasteiger partial charge in [-0.3, -0.25) is 0 Å². The Morgan fingerprint density at radius 2 is 2.19 bits per heavy atom. The maximum absolute atomic E-state index is 14.4. The van der Waals surface area contributed by atoms with Crippen LogP contribution in [0.25, 0.3) is 0 Å². The maximum atomic E-state index is 14.4. The second-order valence-electron chi connectivity index (χ2n) is 6.37. The minimum absolute atomic E-state index is 0.000190. The molecule has 1 atom stereocenters. The Hall–Kier alpha value is -1.13. The van der Waals surface area contributed by atoms with Crippen LogP contribution in [0.1, 0.15) is 45.7 Å². The van der Waals surface area contributed by atoms with Gasteiger partial charge in [0.1, 0.15) is 5.82 Å². The lowest BCUT2D eigenvalue weighted by atomic mass is 9.97. The first-order chi connectivity index (χ1) is 9.97. The topological polar surface area (TPSA) is 24.5 Å². The minimum Gasteiger partial charge on any atom is -0.377 e. The van der Waals surface area contributed by atoms with Crippen LogP contribution in [0.4, 0.5) is 10.1 Å². The number of ether oxygens (including phenoxy) is 1. The van der Waals surface area contributed by atoms with Crippen molar-refractivity contribution >= 4 is 5.69 Å². The van der Waals surface area contributed by atoms with Crippen LogP contribution in [0.5, 0.6) is 0 Å². The van der Waals surface area contributed by atoms with Gasteiger partial charge in [-0.15, -0.1) is 0 Å². The summed E-state index contributed by atoms with van der Waals surface area (Å²) in [6.45, 7) is 11.5.